The minimum Gasteiger partial charge on any atom is -0.497 e. The number of methoxy groups -OCH3 is 1. The van der Waals surface area contributed by atoms with E-state index in [4.69, 9.17) is 9.47 Å². The van der Waals surface area contributed by atoms with Crippen LogP contribution in [0.4, 0.5) is 17.6 Å². The zero-order valence-corrected chi connectivity index (χ0v) is 15.6. The van der Waals surface area contributed by atoms with Gasteiger partial charge in [-0.2, -0.15) is 8.78 Å². The normalized spacial score (nSPS) is 10.7. The largest absolute Gasteiger partial charge is 0.497 e. The van der Waals surface area contributed by atoms with Gasteiger partial charge in [0, 0.05) is 18.2 Å². The molecule has 2 aromatic carbocycles. The maximum Gasteiger partial charge on any atom is 0.204 e. The first-order valence-electron chi connectivity index (χ1n) is 8.09. The molecule has 0 aliphatic rings. The van der Waals surface area contributed by atoms with Gasteiger partial charge in [-0.3, -0.25) is 4.79 Å². The lowest BCUT2D eigenvalue weighted by atomic mass is 10.1. The van der Waals surface area contributed by atoms with Gasteiger partial charge in [0.25, 0.3) is 0 Å². The fourth-order valence-corrected chi connectivity index (χ4v) is 2.92. The third-order valence-electron chi connectivity index (χ3n) is 3.73. The highest BCUT2D eigenvalue weighted by Crippen LogP contribution is 2.31. The van der Waals surface area contributed by atoms with Gasteiger partial charge >= 0.3 is 0 Å². The van der Waals surface area contributed by atoms with E-state index in [9.17, 15) is 22.4 Å². The summed E-state index contributed by atoms with van der Waals surface area (Å²) < 4.78 is 66.6. The molecule has 0 aliphatic carbocycles. The highest BCUT2D eigenvalue weighted by molar-refractivity contribution is 8.13. The van der Waals surface area contributed by atoms with E-state index in [1.54, 1.807) is 24.3 Å². The van der Waals surface area contributed by atoms with Crippen LogP contribution < -0.4 is 9.47 Å². The second kappa shape index (κ2) is 9.64. The van der Waals surface area contributed by atoms with Crippen molar-refractivity contribution in [2.45, 2.75) is 26.4 Å². The van der Waals surface area contributed by atoms with Gasteiger partial charge in [-0.25, -0.2) is 8.78 Å². The molecule has 2 rings (SSSR count). The minimum absolute atomic E-state index is 0.143. The molecule has 0 radical (unpaired) electrons. The van der Waals surface area contributed by atoms with E-state index in [2.05, 4.69) is 0 Å². The van der Waals surface area contributed by atoms with Crippen LogP contribution in [0.15, 0.2) is 24.3 Å². The van der Waals surface area contributed by atoms with E-state index in [0.29, 0.717) is 17.1 Å². The van der Waals surface area contributed by atoms with E-state index in [0.717, 1.165) is 11.8 Å². The van der Waals surface area contributed by atoms with Gasteiger partial charge in [0.1, 0.15) is 12.4 Å². The lowest BCUT2D eigenvalue weighted by molar-refractivity contribution is -0.109. The van der Waals surface area contributed by atoms with E-state index >= 15 is 0 Å². The molecule has 0 N–H and O–H groups in total. The Morgan fingerprint density at radius 3 is 2.11 bits per heavy atom. The van der Waals surface area contributed by atoms with Gasteiger partial charge in [0.2, 0.25) is 11.6 Å². The van der Waals surface area contributed by atoms with Crippen LogP contribution in [-0.2, 0) is 17.8 Å². The van der Waals surface area contributed by atoms with Gasteiger partial charge in [0.15, 0.2) is 22.5 Å². The number of hydrogen-bond donors (Lipinski definition) is 0. The van der Waals surface area contributed by atoms with Crippen molar-refractivity contribution >= 4 is 16.9 Å². The van der Waals surface area contributed by atoms with Gasteiger partial charge < -0.3 is 9.47 Å². The molecule has 0 fully saturated rings. The molecule has 27 heavy (non-hydrogen) atoms. The van der Waals surface area contributed by atoms with Crippen molar-refractivity contribution in [3.8, 4) is 11.5 Å². The predicted octanol–water partition coefficient (Wildman–Crippen LogP) is 5.04. The number of carbonyl (C=O) groups excluding carboxylic acids is 1. The summed E-state index contributed by atoms with van der Waals surface area (Å²) in [5, 5.41) is -0.143. The summed E-state index contributed by atoms with van der Waals surface area (Å²) in [4.78, 5) is 10.8. The van der Waals surface area contributed by atoms with Crippen LogP contribution in [0, 0.1) is 23.3 Å². The highest BCUT2D eigenvalue weighted by atomic mass is 32.2. The minimum atomic E-state index is -1.57. The maximum atomic E-state index is 14.2. The van der Waals surface area contributed by atoms with Crippen molar-refractivity contribution in [1.29, 1.82) is 0 Å². The average Bonchev–Trinajstić information content (AvgIpc) is 2.66. The summed E-state index contributed by atoms with van der Waals surface area (Å²) in [5.74, 6) is -6.32. The Morgan fingerprint density at radius 2 is 1.59 bits per heavy atom. The van der Waals surface area contributed by atoms with Gasteiger partial charge in [0.05, 0.1) is 7.11 Å². The quantitative estimate of drug-likeness (QED) is 0.352. The zero-order valence-electron chi connectivity index (χ0n) is 14.8. The number of halogens is 4. The van der Waals surface area contributed by atoms with E-state index in [1.807, 2.05) is 0 Å². The molecule has 0 spiro atoms. The molecule has 0 aliphatic heterocycles. The Labute approximate surface area is 158 Å². The maximum absolute atomic E-state index is 14.2. The van der Waals surface area contributed by atoms with Gasteiger partial charge in [-0.05, 0) is 30.5 Å². The number of ether oxygens (including phenoxy) is 2. The third kappa shape index (κ3) is 5.38. The number of carbonyl (C=O) groups is 1. The first-order chi connectivity index (χ1) is 12.8. The fourth-order valence-electron chi connectivity index (χ4n) is 2.35. The van der Waals surface area contributed by atoms with Crippen molar-refractivity contribution in [3.63, 3.8) is 0 Å². The molecule has 0 atom stereocenters. The molecule has 146 valence electrons. The van der Waals surface area contributed by atoms with Crippen molar-refractivity contribution in [1.82, 2.24) is 0 Å². The van der Waals surface area contributed by atoms with Crippen molar-refractivity contribution < 1.29 is 31.8 Å². The van der Waals surface area contributed by atoms with Crippen LogP contribution in [0.2, 0.25) is 0 Å². The van der Waals surface area contributed by atoms with Crippen LogP contribution in [0.5, 0.6) is 11.5 Å². The molecule has 3 nitrogen and oxygen atoms in total. The summed E-state index contributed by atoms with van der Waals surface area (Å²) in [5.41, 5.74) is -0.147. The summed E-state index contributed by atoms with van der Waals surface area (Å²) in [6.07, 6.45) is -0.0342. The summed E-state index contributed by atoms with van der Waals surface area (Å²) in [6.45, 7) is 1.09. The molecule has 0 saturated carbocycles. The van der Waals surface area contributed by atoms with Crippen molar-refractivity contribution in [2.75, 3.05) is 12.9 Å². The number of benzene rings is 2. The van der Waals surface area contributed by atoms with Gasteiger partial charge in [-0.15, -0.1) is 0 Å². The zero-order chi connectivity index (χ0) is 20.0. The Balaban J connectivity index is 2.13. The standard InChI is InChI=1S/C19H18F4O3S/c1-11(24)27-9-3-4-14-15(20)17(22)19(18(23)16(14)21)26-10-12-5-7-13(25-2)8-6-12/h5-8H,3-4,9-10H2,1-2H3. The lowest BCUT2D eigenvalue weighted by Crippen LogP contribution is -2.09. The molecule has 0 amide bonds. The summed E-state index contributed by atoms with van der Waals surface area (Å²) >= 11 is 0.977. The first-order valence-corrected chi connectivity index (χ1v) is 9.07. The average molecular weight is 402 g/mol. The number of rotatable bonds is 8. The summed E-state index contributed by atoms with van der Waals surface area (Å²) in [6, 6.07) is 6.44. The molecule has 0 unspecified atom stereocenters. The molecule has 2 aromatic rings. The molecule has 0 heterocycles. The predicted molar refractivity (Wildman–Crippen MR) is 95.1 cm³/mol. The lowest BCUT2D eigenvalue weighted by Gasteiger charge is -2.13. The van der Waals surface area contributed by atoms with Crippen LogP contribution in [0.25, 0.3) is 0 Å². The van der Waals surface area contributed by atoms with E-state index < -0.39 is 34.6 Å². The number of thioether (sulfide) groups is 1. The molecular formula is C19H18F4O3S. The van der Waals surface area contributed by atoms with Crippen LogP contribution in [0.3, 0.4) is 0 Å². The SMILES string of the molecule is COc1ccc(COc2c(F)c(F)c(CCCSC(C)=O)c(F)c2F)cc1. The topological polar surface area (TPSA) is 35.5 Å². The molecule has 0 aromatic heterocycles. The molecular weight excluding hydrogens is 384 g/mol. The smallest absolute Gasteiger partial charge is 0.204 e. The van der Waals surface area contributed by atoms with Crippen LogP contribution in [-0.4, -0.2) is 18.0 Å². The van der Waals surface area contributed by atoms with Crippen LogP contribution >= 0.6 is 11.8 Å². The molecule has 0 bridgehead atoms. The first kappa shape index (κ1) is 21.1. The van der Waals surface area contributed by atoms with Crippen molar-refractivity contribution in [2.24, 2.45) is 0 Å². The van der Waals surface area contributed by atoms with Gasteiger partial charge in [-0.1, -0.05) is 23.9 Å². The Bertz CT molecular complexity index is 781. The van der Waals surface area contributed by atoms with Crippen LogP contribution in [0.1, 0.15) is 24.5 Å². The second-order valence-electron chi connectivity index (χ2n) is 5.64. The monoisotopic (exact) mass is 402 g/mol. The Hall–Kier alpha value is -2.22. The molecule has 8 heteroatoms. The Morgan fingerprint density at radius 1 is 1.00 bits per heavy atom. The Kier molecular flexibility index (Phi) is 7.53. The third-order valence-corrected chi connectivity index (χ3v) is 4.63. The highest BCUT2D eigenvalue weighted by Gasteiger charge is 2.26. The second-order valence-corrected chi connectivity index (χ2v) is 6.92. The van der Waals surface area contributed by atoms with E-state index in [1.165, 1.54) is 14.0 Å². The molecule has 0 saturated heterocycles. The summed E-state index contributed by atoms with van der Waals surface area (Å²) in [7, 11) is 1.49. The number of hydrogen-bond acceptors (Lipinski definition) is 4. The van der Waals surface area contributed by atoms with E-state index in [-0.39, 0.29) is 24.6 Å². The fraction of sp³-hybridized carbons (Fsp3) is 0.316. The van der Waals surface area contributed by atoms with Crippen molar-refractivity contribution in [3.05, 3.63) is 58.7 Å².